The summed E-state index contributed by atoms with van der Waals surface area (Å²) in [6.07, 6.45) is 0.189. The summed E-state index contributed by atoms with van der Waals surface area (Å²) < 4.78 is 5.22. The van der Waals surface area contributed by atoms with Crippen molar-refractivity contribution in [3.63, 3.8) is 0 Å². The minimum atomic E-state index is -1.90. The molecule has 0 radical (unpaired) electrons. The number of likely N-dealkylation sites (N-methyl/N-ethyl adjacent to an activating group) is 1. The molecule has 5 aromatic rings. The average molecular weight is 1350 g/mol. The van der Waals surface area contributed by atoms with Gasteiger partial charge in [0.2, 0.25) is 47.3 Å². The second-order valence-corrected chi connectivity index (χ2v) is 25.5. The van der Waals surface area contributed by atoms with Crippen molar-refractivity contribution in [2.24, 2.45) is 23.5 Å². The highest BCUT2D eigenvalue weighted by molar-refractivity contribution is 5.99. The van der Waals surface area contributed by atoms with Crippen LogP contribution in [0.5, 0.6) is 5.75 Å². The van der Waals surface area contributed by atoms with Crippen LogP contribution < -0.4 is 58.3 Å². The smallest absolute Gasteiger partial charge is 0.341 e. The highest BCUT2D eigenvalue weighted by atomic mass is 16.5. The fourth-order valence-electron chi connectivity index (χ4n) is 11.0. The number of nitrogens with one attached hydrogen (secondary N) is 9. The molecule has 10 atom stereocenters. The molecule has 0 saturated carbocycles. The Balaban J connectivity index is 1.45. The fourth-order valence-corrected chi connectivity index (χ4v) is 11.0. The van der Waals surface area contributed by atoms with Gasteiger partial charge in [0.25, 0.3) is 0 Å². The molecular weight excluding hydrogens is 1260 g/mol. The number of ether oxygens (including phenoxy) is 1. The Labute approximate surface area is 572 Å². The van der Waals surface area contributed by atoms with Crippen LogP contribution in [0.25, 0.3) is 11.1 Å². The molecule has 98 heavy (non-hydrogen) atoms. The molecule has 0 heterocycles. The van der Waals surface area contributed by atoms with Crippen LogP contribution in [0.2, 0.25) is 0 Å². The van der Waals surface area contributed by atoms with Crippen LogP contribution in [-0.4, -0.2) is 155 Å². The van der Waals surface area contributed by atoms with E-state index in [0.717, 1.165) is 16.7 Å². The lowest BCUT2D eigenvalue weighted by Crippen LogP contribution is -2.62. The Morgan fingerprint density at radius 1 is 0.469 bits per heavy atom. The number of hydrogen-bond acceptors (Lipinski definition) is 14. The average Bonchev–Trinajstić information content (AvgIpc) is 0.850. The van der Waals surface area contributed by atoms with Gasteiger partial charge in [-0.2, -0.15) is 0 Å². The number of carbonyl (C=O) groups excluding carboxylic acids is 8. The first-order valence-corrected chi connectivity index (χ1v) is 33.1. The SMILES string of the molecule is CC[C@H](C)[C@H](NC(=O)[C@H](Cc1ccc(-c2ccccc2)cc1)NC(=O)[C@@H](NC(=O)[C@H](Cc1cccc(C)c1)NC(=O)[C@H](CC(=O)O)NC(=O)[C@H](Cc1ccc(C(=O)O)cc1)NC(=O)[C@H](Cc1ccc(OCC(=O)O)cc1)NC)C(C)C)C(=O)N[C@@H](CCCN)C(=O)N[C@@H](C)CC(C)C. The zero-order chi connectivity index (χ0) is 72.2. The van der Waals surface area contributed by atoms with Crippen LogP contribution in [-0.2, 0) is 73.6 Å². The highest BCUT2D eigenvalue weighted by Gasteiger charge is 2.37. The van der Waals surface area contributed by atoms with Crippen LogP contribution in [0.3, 0.4) is 0 Å². The van der Waals surface area contributed by atoms with Gasteiger partial charge in [-0.25, -0.2) is 9.59 Å². The van der Waals surface area contributed by atoms with Crippen molar-refractivity contribution in [2.45, 2.75) is 168 Å². The molecule has 0 unspecified atom stereocenters. The number of rotatable bonds is 40. The number of nitrogens with two attached hydrogens (primary N) is 1. The third-order valence-electron chi connectivity index (χ3n) is 16.5. The molecule has 14 N–H and O–H groups in total. The maximum atomic E-state index is 15.0. The van der Waals surface area contributed by atoms with Crippen molar-refractivity contribution in [2.75, 3.05) is 20.2 Å². The number of carboxylic acids is 3. The molecule has 0 spiro atoms. The number of carbonyl (C=O) groups is 11. The minimum Gasteiger partial charge on any atom is -0.482 e. The number of aryl methyl sites for hydroxylation is 1. The molecule has 25 nitrogen and oxygen atoms in total. The third kappa shape index (κ3) is 25.9. The van der Waals surface area contributed by atoms with Crippen molar-refractivity contribution in [3.8, 4) is 16.9 Å². The van der Waals surface area contributed by atoms with Gasteiger partial charge in [0.05, 0.1) is 18.0 Å². The van der Waals surface area contributed by atoms with E-state index in [9.17, 15) is 63.0 Å². The van der Waals surface area contributed by atoms with Crippen molar-refractivity contribution >= 4 is 65.2 Å². The van der Waals surface area contributed by atoms with Crippen molar-refractivity contribution in [1.82, 2.24) is 47.9 Å². The Hall–Kier alpha value is -10.0. The number of amides is 8. The molecule has 5 aromatic carbocycles. The normalized spacial score (nSPS) is 14.2. The largest absolute Gasteiger partial charge is 0.482 e. The Kier molecular flexibility index (Phi) is 31.5. The van der Waals surface area contributed by atoms with E-state index in [1.807, 2.05) is 70.2 Å². The summed E-state index contributed by atoms with van der Waals surface area (Å²) in [5.74, 6) is -11.0. The number of aliphatic carboxylic acids is 2. The zero-order valence-electron chi connectivity index (χ0n) is 57.1. The van der Waals surface area contributed by atoms with Crippen LogP contribution >= 0.6 is 0 Å². The molecule has 0 saturated heterocycles. The van der Waals surface area contributed by atoms with Gasteiger partial charge in [0.1, 0.15) is 48.0 Å². The van der Waals surface area contributed by atoms with Crippen molar-refractivity contribution in [1.29, 1.82) is 0 Å². The molecule has 0 aliphatic rings. The van der Waals surface area contributed by atoms with Crippen molar-refractivity contribution < 1.29 is 72.8 Å². The van der Waals surface area contributed by atoms with E-state index in [4.69, 9.17) is 15.6 Å². The Morgan fingerprint density at radius 3 is 1.44 bits per heavy atom. The lowest BCUT2D eigenvalue weighted by Gasteiger charge is -2.30. The monoisotopic (exact) mass is 1350 g/mol. The third-order valence-corrected chi connectivity index (χ3v) is 16.5. The summed E-state index contributed by atoms with van der Waals surface area (Å²) in [5.41, 5.74) is 10.5. The summed E-state index contributed by atoms with van der Waals surface area (Å²) in [4.78, 5) is 152. The molecule has 0 bridgehead atoms. The molecule has 8 amide bonds. The number of aromatic carboxylic acids is 1. The Morgan fingerprint density at radius 2 is 0.929 bits per heavy atom. The second-order valence-electron chi connectivity index (χ2n) is 25.5. The lowest BCUT2D eigenvalue weighted by molar-refractivity contribution is -0.141. The number of carboxylic acid groups (broad SMARTS) is 3. The maximum Gasteiger partial charge on any atom is 0.341 e. The van der Waals surface area contributed by atoms with Gasteiger partial charge in [-0.05, 0) is 129 Å². The van der Waals surface area contributed by atoms with Gasteiger partial charge in [-0.15, -0.1) is 0 Å². The topological polar surface area (TPSA) is 392 Å². The van der Waals surface area contributed by atoms with Gasteiger partial charge < -0.3 is 73.6 Å². The van der Waals surface area contributed by atoms with Gasteiger partial charge in [0.15, 0.2) is 6.61 Å². The van der Waals surface area contributed by atoms with E-state index >= 15 is 0 Å². The molecule has 0 aromatic heterocycles. The Bertz CT molecular complexity index is 3500. The predicted octanol–water partition coefficient (Wildman–Crippen LogP) is 4.54. The minimum absolute atomic E-state index is 0.0500. The highest BCUT2D eigenvalue weighted by Crippen LogP contribution is 2.22. The summed E-state index contributed by atoms with van der Waals surface area (Å²) in [6, 6.07) is 24.4. The van der Waals surface area contributed by atoms with Crippen LogP contribution in [0, 0.1) is 24.7 Å². The zero-order valence-corrected chi connectivity index (χ0v) is 57.1. The molecular formula is C73H96N10O15. The maximum absolute atomic E-state index is 15.0. The molecule has 528 valence electrons. The van der Waals surface area contributed by atoms with Crippen LogP contribution in [0.1, 0.15) is 119 Å². The standard InChI is InChI=1S/C73H96N10O15/c1-10-45(7)64(72(95)77-55(20-15-33-74)65(88)76-46(8)34-42(2)3)83-70(93)58(38-47-21-27-52(28-22-47)51-18-12-11-13-19-51)81-71(94)63(43(4)5)82-69(92)59(39-50-17-14-16-44(6)35-50)79-68(91)60(40-61(84)85)80-67(90)57(37-48-23-29-53(30-24-48)73(96)97)78-66(89)56(75-9)36-49-25-31-54(32-26-49)98-41-62(86)87/h11-14,16-19,21-32,35,42-43,45-46,55-60,63-64,75H,10,15,20,33-34,36-41,74H2,1-9H3,(H,76,88)(H,77,95)(H,78,89)(H,79,91)(H,80,90)(H,81,94)(H,82,92)(H,83,93)(H,84,85)(H,86,87)(H,96,97)/t45-,46-,55-,56-,57-,58-,59-,60-,63-,64-/m0/s1. The molecule has 0 aliphatic heterocycles. The summed E-state index contributed by atoms with van der Waals surface area (Å²) in [5, 5.41) is 53.8. The van der Waals surface area contributed by atoms with E-state index in [-0.39, 0.29) is 61.9 Å². The molecule has 5 rings (SSSR count). The van der Waals surface area contributed by atoms with Crippen molar-refractivity contribution in [3.05, 3.63) is 161 Å². The quantitative estimate of drug-likeness (QED) is 0.0256. The van der Waals surface area contributed by atoms with E-state index < -0.39 is 138 Å². The predicted molar refractivity (Wildman–Crippen MR) is 369 cm³/mol. The first-order valence-electron chi connectivity index (χ1n) is 33.1. The van der Waals surface area contributed by atoms with E-state index in [2.05, 4.69) is 47.9 Å². The second kappa shape index (κ2) is 39.3. The summed E-state index contributed by atoms with van der Waals surface area (Å²) in [6.45, 7) is 14.3. The molecule has 0 fully saturated rings. The number of hydrogen-bond donors (Lipinski definition) is 13. The lowest BCUT2D eigenvalue weighted by atomic mass is 9.95. The van der Waals surface area contributed by atoms with Gasteiger partial charge in [0, 0.05) is 25.3 Å². The van der Waals surface area contributed by atoms with Gasteiger partial charge >= 0.3 is 17.9 Å². The number of benzene rings is 5. The van der Waals surface area contributed by atoms with E-state index in [0.29, 0.717) is 41.5 Å². The van der Waals surface area contributed by atoms with E-state index in [1.54, 1.807) is 76.2 Å². The summed E-state index contributed by atoms with van der Waals surface area (Å²) in [7, 11) is 1.50. The van der Waals surface area contributed by atoms with Gasteiger partial charge in [-0.1, -0.05) is 157 Å². The fraction of sp³-hybridized carbons (Fsp3) is 0.438. The van der Waals surface area contributed by atoms with E-state index in [1.165, 1.54) is 43.4 Å². The molecule has 0 aliphatic carbocycles. The van der Waals surface area contributed by atoms with Crippen LogP contribution in [0.15, 0.2) is 127 Å². The first-order chi connectivity index (χ1) is 46.6. The first kappa shape index (κ1) is 78.7. The van der Waals surface area contributed by atoms with Gasteiger partial charge in [-0.3, -0.25) is 43.2 Å². The summed E-state index contributed by atoms with van der Waals surface area (Å²) >= 11 is 0. The van der Waals surface area contributed by atoms with Crippen LogP contribution in [0.4, 0.5) is 0 Å². The molecule has 25 heteroatoms.